The number of Topliss-reactive ketones (excluding diaryl/α,β-unsaturated/α-hetero) is 1. The molecule has 0 bridgehead atoms. The van der Waals surface area contributed by atoms with Crippen LogP contribution in [0.15, 0.2) is 74.4 Å². The number of benzene rings is 2. The van der Waals surface area contributed by atoms with Gasteiger partial charge in [0.25, 0.3) is 0 Å². The summed E-state index contributed by atoms with van der Waals surface area (Å²) in [5, 5.41) is 0. The van der Waals surface area contributed by atoms with Crippen molar-refractivity contribution in [1.82, 2.24) is 0 Å². The maximum absolute atomic E-state index is 13.2. The van der Waals surface area contributed by atoms with E-state index >= 15 is 0 Å². The summed E-state index contributed by atoms with van der Waals surface area (Å²) in [6.45, 7) is 14.1. The lowest BCUT2D eigenvalue weighted by Crippen LogP contribution is -2.23. The van der Waals surface area contributed by atoms with Crippen molar-refractivity contribution in [2.75, 3.05) is 0 Å². The fourth-order valence-corrected chi connectivity index (χ4v) is 5.02. The van der Waals surface area contributed by atoms with Crippen LogP contribution in [-0.2, 0) is 0 Å². The van der Waals surface area contributed by atoms with E-state index in [1.165, 1.54) is 12.0 Å². The summed E-state index contributed by atoms with van der Waals surface area (Å²) < 4.78 is 0. The quantitative estimate of drug-likeness (QED) is 0.505. The van der Waals surface area contributed by atoms with Crippen molar-refractivity contribution >= 4 is 11.9 Å². The molecule has 1 nitrogen and oxygen atoms in total. The summed E-state index contributed by atoms with van der Waals surface area (Å²) in [6, 6.07) is 14.8. The molecule has 2 aromatic rings. The third-order valence-corrected chi connectivity index (χ3v) is 6.77. The smallest absolute Gasteiger partial charge is 0.163 e. The zero-order valence-electron chi connectivity index (χ0n) is 16.6. The van der Waals surface area contributed by atoms with Gasteiger partial charge in [-0.25, -0.2) is 0 Å². The van der Waals surface area contributed by atoms with E-state index in [0.29, 0.717) is 36.0 Å². The lowest BCUT2D eigenvalue weighted by molar-refractivity contribution is 0.0939. The Morgan fingerprint density at radius 1 is 1.04 bits per heavy atom. The molecular formula is C27H28O. The first-order chi connectivity index (χ1) is 13.6. The van der Waals surface area contributed by atoms with Gasteiger partial charge in [-0.2, -0.15) is 0 Å². The van der Waals surface area contributed by atoms with Crippen molar-refractivity contribution in [3.05, 3.63) is 91.0 Å². The third-order valence-electron chi connectivity index (χ3n) is 6.77. The van der Waals surface area contributed by atoms with Gasteiger partial charge in [-0.3, -0.25) is 4.79 Å². The van der Waals surface area contributed by atoms with Crippen LogP contribution in [0, 0.1) is 23.7 Å². The highest BCUT2D eigenvalue weighted by Gasteiger charge is 2.50. The Labute approximate surface area is 168 Å². The van der Waals surface area contributed by atoms with E-state index in [1.54, 1.807) is 0 Å². The second-order valence-electron chi connectivity index (χ2n) is 8.34. The van der Waals surface area contributed by atoms with Gasteiger partial charge in [-0.05, 0) is 70.4 Å². The molecule has 5 atom stereocenters. The van der Waals surface area contributed by atoms with Crippen LogP contribution in [0.25, 0.3) is 17.2 Å². The SMILES string of the molecule is C=Cc1cccc(-c2ccc3c(c2)C(=O)CC(C(C=C)C(C)C=C)C2CC32)c1. The molecule has 0 heterocycles. The molecule has 0 spiro atoms. The van der Waals surface area contributed by atoms with Gasteiger partial charge in [0, 0.05) is 12.0 Å². The van der Waals surface area contributed by atoms with Gasteiger partial charge in [-0.15, -0.1) is 13.2 Å². The number of allylic oxidation sites excluding steroid dienone is 2. The Balaban J connectivity index is 1.70. The Kier molecular flexibility index (Phi) is 4.93. The fraction of sp³-hybridized carbons (Fsp3) is 0.296. The first kappa shape index (κ1) is 18.7. The second-order valence-corrected chi connectivity index (χ2v) is 8.34. The molecule has 1 saturated carbocycles. The monoisotopic (exact) mass is 368 g/mol. The van der Waals surface area contributed by atoms with Crippen molar-refractivity contribution < 1.29 is 4.79 Å². The average Bonchev–Trinajstić information content (AvgIpc) is 3.53. The van der Waals surface area contributed by atoms with Crippen molar-refractivity contribution in [1.29, 1.82) is 0 Å². The van der Waals surface area contributed by atoms with Crippen LogP contribution >= 0.6 is 0 Å². The van der Waals surface area contributed by atoms with Crippen molar-refractivity contribution in [2.24, 2.45) is 23.7 Å². The van der Waals surface area contributed by atoms with E-state index in [4.69, 9.17) is 0 Å². The number of fused-ring (bicyclic) bond motifs is 3. The van der Waals surface area contributed by atoms with Crippen molar-refractivity contribution in [2.45, 2.75) is 25.7 Å². The number of rotatable bonds is 6. The zero-order chi connectivity index (χ0) is 19.8. The molecule has 28 heavy (non-hydrogen) atoms. The lowest BCUT2D eigenvalue weighted by atomic mass is 9.77. The van der Waals surface area contributed by atoms with Crippen LogP contribution in [0.1, 0.15) is 47.2 Å². The molecule has 0 radical (unpaired) electrons. The zero-order valence-corrected chi connectivity index (χ0v) is 16.6. The molecule has 0 aromatic heterocycles. The molecule has 0 saturated heterocycles. The van der Waals surface area contributed by atoms with E-state index in [1.807, 2.05) is 30.4 Å². The Morgan fingerprint density at radius 2 is 1.82 bits per heavy atom. The molecular weight excluding hydrogens is 340 g/mol. The molecule has 5 unspecified atom stereocenters. The molecule has 142 valence electrons. The Hall–Kier alpha value is -2.67. The molecule has 0 N–H and O–H groups in total. The first-order valence-electron chi connectivity index (χ1n) is 10.2. The minimum atomic E-state index is 0.275. The predicted molar refractivity (Wildman–Crippen MR) is 118 cm³/mol. The highest BCUT2D eigenvalue weighted by Crippen LogP contribution is 2.58. The third kappa shape index (κ3) is 3.20. The van der Waals surface area contributed by atoms with E-state index < -0.39 is 0 Å². The number of carbonyl (C=O) groups excluding carboxylic acids is 1. The second kappa shape index (κ2) is 7.39. The predicted octanol–water partition coefficient (Wildman–Crippen LogP) is 6.93. The molecule has 1 fully saturated rings. The normalized spacial score (nSPS) is 24.9. The fourth-order valence-electron chi connectivity index (χ4n) is 5.02. The van der Waals surface area contributed by atoms with E-state index in [2.05, 4.69) is 57.0 Å². The van der Waals surface area contributed by atoms with Gasteiger partial charge in [0.15, 0.2) is 5.78 Å². The number of carbonyl (C=O) groups is 1. The maximum atomic E-state index is 13.2. The van der Waals surface area contributed by atoms with Gasteiger partial charge in [-0.1, -0.05) is 62.1 Å². The molecule has 1 heteroatoms. The van der Waals surface area contributed by atoms with E-state index in [9.17, 15) is 4.79 Å². The van der Waals surface area contributed by atoms with Crippen LogP contribution < -0.4 is 0 Å². The van der Waals surface area contributed by atoms with Gasteiger partial charge in [0.05, 0.1) is 0 Å². The standard InChI is InChI=1S/C27H28O/c1-5-17(4)21(7-3)25-16-27(28)26-14-20(11-12-22(26)23-15-24(23)25)19-10-8-9-18(6-2)13-19/h5-14,17,21,23-25H,1-3,15-16H2,4H3. The van der Waals surface area contributed by atoms with Gasteiger partial charge >= 0.3 is 0 Å². The Bertz CT molecular complexity index is 950. The van der Waals surface area contributed by atoms with Crippen LogP contribution in [-0.4, -0.2) is 5.78 Å². The largest absolute Gasteiger partial charge is 0.294 e. The first-order valence-corrected chi connectivity index (χ1v) is 10.2. The number of hydrogen-bond acceptors (Lipinski definition) is 1. The highest BCUT2D eigenvalue weighted by molar-refractivity contribution is 6.00. The van der Waals surface area contributed by atoms with Gasteiger partial charge in [0.1, 0.15) is 0 Å². The van der Waals surface area contributed by atoms with Crippen molar-refractivity contribution in [3.8, 4) is 11.1 Å². The van der Waals surface area contributed by atoms with Crippen LogP contribution in [0.2, 0.25) is 0 Å². The minimum absolute atomic E-state index is 0.275. The lowest BCUT2D eigenvalue weighted by Gasteiger charge is -2.27. The molecule has 0 aliphatic heterocycles. The summed E-state index contributed by atoms with van der Waals surface area (Å²) >= 11 is 0. The topological polar surface area (TPSA) is 17.1 Å². The molecule has 2 aliphatic carbocycles. The molecule has 4 rings (SSSR count). The molecule has 0 amide bonds. The maximum Gasteiger partial charge on any atom is 0.163 e. The summed E-state index contributed by atoms with van der Waals surface area (Å²) in [7, 11) is 0. The van der Waals surface area contributed by atoms with E-state index in [-0.39, 0.29) is 5.78 Å². The van der Waals surface area contributed by atoms with Gasteiger partial charge < -0.3 is 0 Å². The average molecular weight is 369 g/mol. The summed E-state index contributed by atoms with van der Waals surface area (Å²) in [6.07, 6.45) is 7.69. The van der Waals surface area contributed by atoms with Crippen molar-refractivity contribution in [3.63, 3.8) is 0 Å². The van der Waals surface area contributed by atoms with Crippen LogP contribution in [0.5, 0.6) is 0 Å². The molecule has 2 aromatic carbocycles. The van der Waals surface area contributed by atoms with Crippen LogP contribution in [0.3, 0.4) is 0 Å². The summed E-state index contributed by atoms with van der Waals surface area (Å²) in [5.74, 6) is 2.40. The van der Waals surface area contributed by atoms with Crippen LogP contribution in [0.4, 0.5) is 0 Å². The summed E-state index contributed by atoms with van der Waals surface area (Å²) in [4.78, 5) is 13.2. The molecule has 2 aliphatic rings. The summed E-state index contributed by atoms with van der Waals surface area (Å²) in [5.41, 5.74) is 5.49. The highest BCUT2D eigenvalue weighted by atomic mass is 16.1. The number of ketones is 1. The minimum Gasteiger partial charge on any atom is -0.294 e. The van der Waals surface area contributed by atoms with Gasteiger partial charge in [0.2, 0.25) is 0 Å². The number of hydrogen-bond donors (Lipinski definition) is 0. The van der Waals surface area contributed by atoms with E-state index in [0.717, 1.165) is 22.3 Å². The Morgan fingerprint density at radius 3 is 2.54 bits per heavy atom.